The molecule has 1 aliphatic heterocycles. The summed E-state index contributed by atoms with van der Waals surface area (Å²) in [5.41, 5.74) is 2.07. The van der Waals surface area contributed by atoms with Crippen molar-refractivity contribution >= 4 is 23.3 Å². The van der Waals surface area contributed by atoms with Crippen molar-refractivity contribution in [1.82, 2.24) is 15.6 Å². The van der Waals surface area contributed by atoms with Crippen LogP contribution < -0.4 is 10.6 Å². The van der Waals surface area contributed by atoms with E-state index in [0.717, 1.165) is 5.56 Å². The molecule has 1 aromatic rings. The monoisotopic (exact) mass is 263 g/mol. The van der Waals surface area contributed by atoms with Crippen molar-refractivity contribution in [3.05, 3.63) is 41.4 Å². The topological polar surface area (TPSA) is 63.2 Å². The van der Waals surface area contributed by atoms with Crippen molar-refractivity contribution in [2.24, 2.45) is 0 Å². The van der Waals surface area contributed by atoms with Crippen LogP contribution in [0.4, 0.5) is 0 Å². The van der Waals surface area contributed by atoms with Gasteiger partial charge in [0.15, 0.2) is 5.11 Å². The maximum atomic E-state index is 11.8. The van der Waals surface area contributed by atoms with E-state index in [1.807, 2.05) is 12.1 Å². The zero-order valence-electron chi connectivity index (χ0n) is 10.1. The van der Waals surface area contributed by atoms with Crippen molar-refractivity contribution < 1.29 is 9.53 Å². The van der Waals surface area contributed by atoms with E-state index in [4.69, 9.17) is 17.0 Å². The van der Waals surface area contributed by atoms with E-state index in [1.54, 1.807) is 19.3 Å². The molecule has 94 valence electrons. The predicted octanol–water partition coefficient (Wildman–Crippen LogP) is 1.05. The smallest absolute Gasteiger partial charge is 0.337 e. The van der Waals surface area contributed by atoms with Crippen LogP contribution in [-0.2, 0) is 9.53 Å². The van der Waals surface area contributed by atoms with Crippen LogP contribution >= 0.6 is 12.2 Å². The molecule has 0 saturated carbocycles. The Morgan fingerprint density at radius 3 is 2.94 bits per heavy atom. The highest BCUT2D eigenvalue weighted by Gasteiger charge is 2.30. The third-order valence-electron chi connectivity index (χ3n) is 2.69. The number of methoxy groups -OCH3 is 1. The summed E-state index contributed by atoms with van der Waals surface area (Å²) in [6, 6.07) is 3.36. The van der Waals surface area contributed by atoms with Gasteiger partial charge in [0.2, 0.25) is 0 Å². The molecule has 18 heavy (non-hydrogen) atoms. The van der Waals surface area contributed by atoms with Crippen LogP contribution in [0.25, 0.3) is 0 Å². The summed E-state index contributed by atoms with van der Waals surface area (Å²) in [7, 11) is 1.36. The lowest BCUT2D eigenvalue weighted by atomic mass is 9.97. The number of aromatic nitrogens is 1. The van der Waals surface area contributed by atoms with Gasteiger partial charge in [0.05, 0.1) is 18.7 Å². The minimum Gasteiger partial charge on any atom is -0.466 e. The summed E-state index contributed by atoms with van der Waals surface area (Å²) in [4.78, 5) is 15.9. The number of thiocarbonyl (C=S) groups is 1. The summed E-state index contributed by atoms with van der Waals surface area (Å²) >= 11 is 5.11. The number of hydrogen-bond donors (Lipinski definition) is 2. The Morgan fingerprint density at radius 1 is 1.56 bits per heavy atom. The number of esters is 1. The Morgan fingerprint density at radius 2 is 2.33 bits per heavy atom. The average Bonchev–Trinajstić information content (AvgIpc) is 2.38. The second kappa shape index (κ2) is 5.14. The van der Waals surface area contributed by atoms with Gasteiger partial charge in [0, 0.05) is 18.1 Å². The number of allylic oxidation sites excluding steroid dienone is 1. The number of carbonyl (C=O) groups excluding carboxylic acids is 1. The molecule has 2 heterocycles. The lowest BCUT2D eigenvalue weighted by molar-refractivity contribution is -0.136. The van der Waals surface area contributed by atoms with Gasteiger partial charge in [-0.2, -0.15) is 0 Å². The molecule has 6 heteroatoms. The van der Waals surface area contributed by atoms with E-state index in [-0.39, 0.29) is 12.0 Å². The molecule has 2 rings (SSSR count). The highest BCUT2D eigenvalue weighted by atomic mass is 32.1. The van der Waals surface area contributed by atoms with Gasteiger partial charge in [0.25, 0.3) is 0 Å². The molecule has 0 fully saturated rings. The third kappa shape index (κ3) is 2.33. The lowest BCUT2D eigenvalue weighted by Gasteiger charge is -2.29. The van der Waals surface area contributed by atoms with E-state index in [2.05, 4.69) is 15.6 Å². The van der Waals surface area contributed by atoms with Crippen LogP contribution in [0.15, 0.2) is 35.8 Å². The first-order valence-electron chi connectivity index (χ1n) is 5.40. The van der Waals surface area contributed by atoms with E-state index < -0.39 is 0 Å². The number of nitrogens with one attached hydrogen (secondary N) is 2. The molecule has 0 aliphatic carbocycles. The molecule has 2 N–H and O–H groups in total. The van der Waals surface area contributed by atoms with Crippen LogP contribution in [0, 0.1) is 0 Å². The maximum Gasteiger partial charge on any atom is 0.337 e. The molecule has 1 atom stereocenters. The van der Waals surface area contributed by atoms with Crippen LogP contribution in [0.3, 0.4) is 0 Å². The molecule has 0 saturated heterocycles. The van der Waals surface area contributed by atoms with E-state index in [1.165, 1.54) is 7.11 Å². The molecule has 0 radical (unpaired) electrons. The van der Waals surface area contributed by atoms with Crippen molar-refractivity contribution in [3.63, 3.8) is 0 Å². The predicted molar refractivity (Wildman–Crippen MR) is 70.6 cm³/mol. The fourth-order valence-corrected chi connectivity index (χ4v) is 2.14. The van der Waals surface area contributed by atoms with Gasteiger partial charge >= 0.3 is 5.97 Å². The molecular weight excluding hydrogens is 250 g/mol. The van der Waals surface area contributed by atoms with Gasteiger partial charge in [0.1, 0.15) is 0 Å². The second-order valence-corrected chi connectivity index (χ2v) is 4.26. The number of ether oxygens (including phenoxy) is 1. The van der Waals surface area contributed by atoms with Crippen LogP contribution in [-0.4, -0.2) is 23.2 Å². The Labute approximate surface area is 110 Å². The highest BCUT2D eigenvalue weighted by molar-refractivity contribution is 7.80. The summed E-state index contributed by atoms with van der Waals surface area (Å²) in [6.07, 6.45) is 3.37. The van der Waals surface area contributed by atoms with Crippen LogP contribution in [0.1, 0.15) is 18.5 Å². The average molecular weight is 263 g/mol. The fourth-order valence-electron chi connectivity index (χ4n) is 1.87. The van der Waals surface area contributed by atoms with Gasteiger partial charge < -0.3 is 15.4 Å². The summed E-state index contributed by atoms with van der Waals surface area (Å²) in [5, 5.41) is 6.45. The fraction of sp³-hybridized carbons (Fsp3) is 0.250. The molecule has 1 aliphatic rings. The molecule has 0 bridgehead atoms. The standard InChI is InChI=1S/C12H13N3O2S/c1-7-9(11(16)17-2)10(15-12(18)14-7)8-4-3-5-13-6-8/h3-6,10H,1-2H3,(H2,14,15,18). The SMILES string of the molecule is COC(=O)C1=C(C)NC(=S)NC1c1cccnc1. The zero-order valence-corrected chi connectivity index (χ0v) is 10.9. The minimum absolute atomic E-state index is 0.333. The van der Waals surface area contributed by atoms with Gasteiger partial charge in [-0.3, -0.25) is 4.98 Å². The van der Waals surface area contributed by atoms with Gasteiger partial charge in [-0.15, -0.1) is 0 Å². The quantitative estimate of drug-likeness (QED) is 0.614. The van der Waals surface area contributed by atoms with E-state index >= 15 is 0 Å². The Hall–Kier alpha value is -1.95. The molecular formula is C12H13N3O2S. The van der Waals surface area contributed by atoms with Crippen molar-refractivity contribution in [2.75, 3.05) is 7.11 Å². The molecule has 0 amide bonds. The van der Waals surface area contributed by atoms with Crippen molar-refractivity contribution in [3.8, 4) is 0 Å². The lowest BCUT2D eigenvalue weighted by Crippen LogP contribution is -2.45. The van der Waals surface area contributed by atoms with Gasteiger partial charge in [-0.05, 0) is 30.8 Å². The Balaban J connectivity index is 2.46. The third-order valence-corrected chi connectivity index (χ3v) is 2.91. The van der Waals surface area contributed by atoms with Gasteiger partial charge in [-0.25, -0.2) is 4.79 Å². The number of nitrogens with zero attached hydrogens (tertiary/aromatic N) is 1. The molecule has 5 nitrogen and oxygen atoms in total. The normalized spacial score (nSPS) is 19.0. The Bertz CT molecular complexity index is 513. The number of rotatable bonds is 2. The second-order valence-electron chi connectivity index (χ2n) is 3.85. The Kier molecular flexibility index (Phi) is 3.57. The first kappa shape index (κ1) is 12.5. The number of pyridine rings is 1. The van der Waals surface area contributed by atoms with Crippen LogP contribution in [0.2, 0.25) is 0 Å². The zero-order chi connectivity index (χ0) is 13.1. The molecule has 0 spiro atoms. The largest absolute Gasteiger partial charge is 0.466 e. The van der Waals surface area contributed by atoms with Crippen molar-refractivity contribution in [1.29, 1.82) is 0 Å². The van der Waals surface area contributed by atoms with Crippen LogP contribution in [0.5, 0.6) is 0 Å². The molecule has 1 unspecified atom stereocenters. The molecule has 1 aromatic heterocycles. The van der Waals surface area contributed by atoms with Crippen molar-refractivity contribution in [2.45, 2.75) is 13.0 Å². The maximum absolute atomic E-state index is 11.8. The number of carbonyl (C=O) groups is 1. The summed E-state index contributed by atoms with van der Waals surface area (Å²) in [5.74, 6) is -0.385. The van der Waals surface area contributed by atoms with E-state index in [9.17, 15) is 4.79 Å². The molecule has 0 aromatic carbocycles. The first-order valence-corrected chi connectivity index (χ1v) is 5.81. The summed E-state index contributed by atoms with van der Waals surface area (Å²) in [6.45, 7) is 1.79. The number of hydrogen-bond acceptors (Lipinski definition) is 4. The minimum atomic E-state index is -0.385. The highest BCUT2D eigenvalue weighted by Crippen LogP contribution is 2.26. The summed E-state index contributed by atoms with van der Waals surface area (Å²) < 4.78 is 4.81. The van der Waals surface area contributed by atoms with E-state index in [0.29, 0.717) is 16.4 Å². The van der Waals surface area contributed by atoms with Gasteiger partial charge in [-0.1, -0.05) is 6.07 Å². The first-order chi connectivity index (χ1) is 8.63.